The van der Waals surface area contributed by atoms with Crippen molar-refractivity contribution < 1.29 is 9.53 Å². The third kappa shape index (κ3) is 3.77. The smallest absolute Gasteiger partial charge is 0.237 e. The number of hydrogen-bond acceptors (Lipinski definition) is 5. The van der Waals surface area contributed by atoms with Crippen LogP contribution in [0.5, 0.6) is 0 Å². The molecule has 0 spiro atoms. The topological polar surface area (TPSA) is 54.5 Å². The first-order chi connectivity index (χ1) is 11.7. The summed E-state index contributed by atoms with van der Waals surface area (Å²) in [5.41, 5.74) is 1.06. The molecule has 6 heteroatoms. The summed E-state index contributed by atoms with van der Waals surface area (Å²) in [4.78, 5) is 19.5. The van der Waals surface area contributed by atoms with E-state index in [-0.39, 0.29) is 18.0 Å². The lowest BCUT2D eigenvalue weighted by Gasteiger charge is -2.28. The summed E-state index contributed by atoms with van der Waals surface area (Å²) in [6.07, 6.45) is 3.03. The molecule has 2 heterocycles. The number of fused-ring (bicyclic) bond motifs is 1. The number of nitrogens with one attached hydrogen (secondary N) is 1. The molecule has 130 valence electrons. The summed E-state index contributed by atoms with van der Waals surface area (Å²) >= 11 is 1.75. The predicted octanol–water partition coefficient (Wildman–Crippen LogP) is 2.97. The third-order valence-corrected chi connectivity index (χ3v) is 5.73. The standard InChI is InChI=1S/C18H25N3O2S/c1-13(17(22)19-10-6-12-23-2)21-11-5-8-15(21)18-20-14-7-3-4-9-16(14)24-18/h3-4,7,9,13,15H,5-6,8,10-12H2,1-2H3,(H,19,22). The van der Waals surface area contributed by atoms with Gasteiger partial charge in [-0.05, 0) is 44.9 Å². The van der Waals surface area contributed by atoms with Crippen LogP contribution in [-0.4, -0.2) is 48.6 Å². The van der Waals surface area contributed by atoms with Gasteiger partial charge in [-0.25, -0.2) is 4.98 Å². The van der Waals surface area contributed by atoms with Gasteiger partial charge in [0, 0.05) is 20.3 Å². The van der Waals surface area contributed by atoms with Crippen molar-refractivity contribution in [1.82, 2.24) is 15.2 Å². The first-order valence-corrected chi connectivity index (χ1v) is 9.40. The Hall–Kier alpha value is -1.50. The number of methoxy groups -OCH3 is 1. The van der Waals surface area contributed by atoms with Gasteiger partial charge in [-0.3, -0.25) is 9.69 Å². The second-order valence-electron chi connectivity index (χ2n) is 6.23. The number of hydrogen-bond donors (Lipinski definition) is 1. The molecule has 1 saturated heterocycles. The van der Waals surface area contributed by atoms with Gasteiger partial charge >= 0.3 is 0 Å². The maximum Gasteiger partial charge on any atom is 0.237 e. The average Bonchev–Trinajstić information content (AvgIpc) is 3.23. The molecule has 5 nitrogen and oxygen atoms in total. The largest absolute Gasteiger partial charge is 0.385 e. The van der Waals surface area contributed by atoms with Crippen LogP contribution in [-0.2, 0) is 9.53 Å². The Morgan fingerprint density at radius 3 is 3.12 bits per heavy atom. The minimum absolute atomic E-state index is 0.0964. The fraction of sp³-hybridized carbons (Fsp3) is 0.556. The molecule has 1 N–H and O–H groups in total. The normalized spacial score (nSPS) is 19.7. The van der Waals surface area contributed by atoms with Crippen LogP contribution in [0.15, 0.2) is 24.3 Å². The SMILES string of the molecule is COCCCNC(=O)C(C)N1CCCC1c1nc2ccccc2s1. The molecule has 1 aromatic heterocycles. The molecule has 2 aromatic rings. The molecule has 1 aliphatic rings. The quantitative estimate of drug-likeness (QED) is 0.783. The van der Waals surface area contributed by atoms with Gasteiger partial charge in [0.25, 0.3) is 0 Å². The summed E-state index contributed by atoms with van der Waals surface area (Å²) in [5.74, 6) is 0.0964. The Labute approximate surface area is 147 Å². The minimum atomic E-state index is -0.132. The molecule has 2 atom stereocenters. The molecule has 1 fully saturated rings. The van der Waals surface area contributed by atoms with Gasteiger partial charge in [-0.2, -0.15) is 0 Å². The van der Waals surface area contributed by atoms with Crippen molar-refractivity contribution >= 4 is 27.5 Å². The number of carbonyl (C=O) groups is 1. The molecule has 0 radical (unpaired) electrons. The van der Waals surface area contributed by atoms with Crippen molar-refractivity contribution in [1.29, 1.82) is 0 Å². The molecule has 0 aliphatic carbocycles. The number of aromatic nitrogens is 1. The highest BCUT2D eigenvalue weighted by Crippen LogP contribution is 2.37. The minimum Gasteiger partial charge on any atom is -0.385 e. The van der Waals surface area contributed by atoms with E-state index in [0.29, 0.717) is 13.2 Å². The molecular formula is C18H25N3O2S. The number of benzene rings is 1. The van der Waals surface area contributed by atoms with E-state index >= 15 is 0 Å². The van der Waals surface area contributed by atoms with Gasteiger partial charge in [0.2, 0.25) is 5.91 Å². The Morgan fingerprint density at radius 2 is 2.33 bits per heavy atom. The highest BCUT2D eigenvalue weighted by molar-refractivity contribution is 7.18. The Morgan fingerprint density at radius 1 is 1.50 bits per heavy atom. The zero-order chi connectivity index (χ0) is 16.9. The van der Waals surface area contributed by atoms with Crippen molar-refractivity contribution in [2.75, 3.05) is 26.8 Å². The molecule has 2 unspecified atom stereocenters. The highest BCUT2D eigenvalue weighted by atomic mass is 32.1. The first kappa shape index (κ1) is 17.3. The molecule has 0 bridgehead atoms. The Bertz CT molecular complexity index is 655. The maximum atomic E-state index is 12.4. The molecule has 0 saturated carbocycles. The summed E-state index contributed by atoms with van der Waals surface area (Å²) in [5, 5.41) is 4.15. The van der Waals surface area contributed by atoms with Crippen LogP contribution in [0.3, 0.4) is 0 Å². The van der Waals surface area contributed by atoms with Gasteiger partial charge in [0.05, 0.1) is 22.3 Å². The first-order valence-electron chi connectivity index (χ1n) is 8.58. The van der Waals surface area contributed by atoms with Crippen molar-refractivity contribution in [3.63, 3.8) is 0 Å². The van der Waals surface area contributed by atoms with Gasteiger partial charge in [-0.1, -0.05) is 12.1 Å². The molecule has 3 rings (SSSR count). The number of nitrogens with zero attached hydrogens (tertiary/aromatic N) is 2. The van der Waals surface area contributed by atoms with Crippen LogP contribution in [0.2, 0.25) is 0 Å². The molecule has 1 aliphatic heterocycles. The van der Waals surface area contributed by atoms with E-state index in [2.05, 4.69) is 22.3 Å². The van der Waals surface area contributed by atoms with Crippen molar-refractivity contribution in [2.45, 2.75) is 38.3 Å². The summed E-state index contributed by atoms with van der Waals surface area (Å²) < 4.78 is 6.24. The van der Waals surface area contributed by atoms with Gasteiger partial charge < -0.3 is 10.1 Å². The van der Waals surface area contributed by atoms with Gasteiger partial charge in [0.15, 0.2) is 0 Å². The van der Waals surface area contributed by atoms with Crippen molar-refractivity contribution in [3.8, 4) is 0 Å². The third-order valence-electron chi connectivity index (χ3n) is 4.59. The fourth-order valence-electron chi connectivity index (χ4n) is 3.28. The lowest BCUT2D eigenvalue weighted by Crippen LogP contribution is -2.45. The van der Waals surface area contributed by atoms with Crippen LogP contribution in [0, 0.1) is 0 Å². The molecule has 24 heavy (non-hydrogen) atoms. The number of thiazole rings is 1. The maximum absolute atomic E-state index is 12.4. The fourth-order valence-corrected chi connectivity index (χ4v) is 4.40. The van der Waals surface area contributed by atoms with E-state index in [4.69, 9.17) is 9.72 Å². The second kappa shape index (κ2) is 8.05. The number of rotatable bonds is 7. The van der Waals surface area contributed by atoms with E-state index in [1.807, 2.05) is 19.1 Å². The van der Waals surface area contributed by atoms with E-state index < -0.39 is 0 Å². The van der Waals surface area contributed by atoms with E-state index in [1.54, 1.807) is 18.4 Å². The summed E-state index contributed by atoms with van der Waals surface area (Å²) in [6, 6.07) is 8.36. The van der Waals surface area contributed by atoms with E-state index in [1.165, 1.54) is 4.70 Å². The number of likely N-dealkylation sites (tertiary alicyclic amines) is 1. The Kier molecular flexibility index (Phi) is 5.81. The number of carbonyl (C=O) groups excluding carboxylic acids is 1. The van der Waals surface area contributed by atoms with Crippen LogP contribution < -0.4 is 5.32 Å². The molecule has 1 amide bonds. The average molecular weight is 347 g/mol. The molecular weight excluding hydrogens is 322 g/mol. The highest BCUT2D eigenvalue weighted by Gasteiger charge is 2.34. The monoisotopic (exact) mass is 347 g/mol. The van der Waals surface area contributed by atoms with Gasteiger partial charge in [-0.15, -0.1) is 11.3 Å². The van der Waals surface area contributed by atoms with E-state index in [9.17, 15) is 4.79 Å². The lowest BCUT2D eigenvalue weighted by atomic mass is 10.2. The summed E-state index contributed by atoms with van der Waals surface area (Å²) in [6.45, 7) is 4.29. The van der Waals surface area contributed by atoms with Crippen LogP contribution in [0.25, 0.3) is 10.2 Å². The number of para-hydroxylation sites is 1. The lowest BCUT2D eigenvalue weighted by molar-refractivity contribution is -0.126. The number of amides is 1. The zero-order valence-electron chi connectivity index (χ0n) is 14.3. The van der Waals surface area contributed by atoms with Gasteiger partial charge in [0.1, 0.15) is 5.01 Å². The zero-order valence-corrected chi connectivity index (χ0v) is 15.1. The van der Waals surface area contributed by atoms with Crippen molar-refractivity contribution in [3.05, 3.63) is 29.3 Å². The van der Waals surface area contributed by atoms with Crippen LogP contribution in [0.4, 0.5) is 0 Å². The number of ether oxygens (including phenoxy) is 1. The summed E-state index contributed by atoms with van der Waals surface area (Å²) in [7, 11) is 1.68. The van der Waals surface area contributed by atoms with Crippen molar-refractivity contribution in [2.24, 2.45) is 0 Å². The van der Waals surface area contributed by atoms with Crippen LogP contribution >= 0.6 is 11.3 Å². The van der Waals surface area contributed by atoms with E-state index in [0.717, 1.165) is 36.3 Å². The molecule has 1 aromatic carbocycles. The van der Waals surface area contributed by atoms with Crippen LogP contribution in [0.1, 0.15) is 37.2 Å². The Balaban J connectivity index is 1.67. The predicted molar refractivity (Wildman–Crippen MR) is 97.3 cm³/mol. The second-order valence-corrected chi connectivity index (χ2v) is 7.29.